The van der Waals surface area contributed by atoms with Gasteiger partial charge in [0.25, 0.3) is 11.7 Å². The highest BCUT2D eigenvalue weighted by molar-refractivity contribution is 6.47. The number of nitrogens with zero attached hydrogens (tertiary/aromatic N) is 2. The molecule has 1 amide bonds. The van der Waals surface area contributed by atoms with Crippen LogP contribution in [0.4, 0.5) is 5.69 Å². The second-order valence-electron chi connectivity index (χ2n) is 9.70. The minimum absolute atomic E-state index is 0.0106. The number of benzene rings is 3. The summed E-state index contributed by atoms with van der Waals surface area (Å²) in [5, 5.41) is 11.8. The molecule has 1 unspecified atom stereocenters. The van der Waals surface area contributed by atoms with Crippen molar-refractivity contribution in [2.45, 2.75) is 47.2 Å². The van der Waals surface area contributed by atoms with Crippen LogP contribution in [0.3, 0.4) is 0 Å². The quantitative estimate of drug-likeness (QED) is 0.181. The van der Waals surface area contributed by atoms with Gasteiger partial charge in [0.2, 0.25) is 0 Å². The molecule has 1 atom stereocenters. The smallest absolute Gasteiger partial charge is 0.295 e. The molecule has 3 aromatic carbocycles. The number of hydrogen-bond acceptors (Lipinski definition) is 5. The number of hydrogen-bond donors (Lipinski definition) is 1. The summed E-state index contributed by atoms with van der Waals surface area (Å²) in [6.45, 7) is 12.4. The molecule has 1 heterocycles. The van der Waals surface area contributed by atoms with E-state index in [-0.39, 0.29) is 28.5 Å². The summed E-state index contributed by atoms with van der Waals surface area (Å²) < 4.78 is 5.60. The number of aliphatic hydroxyl groups is 1. The molecule has 0 bridgehead atoms. The van der Waals surface area contributed by atoms with Gasteiger partial charge in [-0.2, -0.15) is 0 Å². The number of carbonyl (C=O) groups is 2. The summed E-state index contributed by atoms with van der Waals surface area (Å²) in [6, 6.07) is 18.0. The first-order valence-electron chi connectivity index (χ1n) is 13.3. The van der Waals surface area contributed by atoms with E-state index in [0.717, 1.165) is 41.0 Å². The van der Waals surface area contributed by atoms with Gasteiger partial charge in [0, 0.05) is 30.9 Å². The number of amides is 1. The van der Waals surface area contributed by atoms with Crippen LogP contribution in [0.2, 0.25) is 5.02 Å². The Kier molecular flexibility index (Phi) is 8.66. The predicted molar refractivity (Wildman–Crippen MR) is 156 cm³/mol. The molecule has 0 aromatic heterocycles. The molecule has 4 rings (SSSR count). The minimum Gasteiger partial charge on any atom is -0.507 e. The van der Waals surface area contributed by atoms with Crippen molar-refractivity contribution in [3.8, 4) is 5.75 Å². The average Bonchev–Trinajstić information content (AvgIpc) is 3.17. The van der Waals surface area contributed by atoms with Crippen molar-refractivity contribution in [3.63, 3.8) is 0 Å². The van der Waals surface area contributed by atoms with Crippen molar-refractivity contribution in [3.05, 3.63) is 99.1 Å². The van der Waals surface area contributed by atoms with E-state index in [2.05, 4.69) is 18.7 Å². The van der Waals surface area contributed by atoms with Crippen LogP contribution in [0.25, 0.3) is 5.76 Å². The number of halogens is 1. The van der Waals surface area contributed by atoms with E-state index in [4.69, 9.17) is 16.3 Å². The molecule has 204 valence electrons. The van der Waals surface area contributed by atoms with Gasteiger partial charge in [-0.1, -0.05) is 47.5 Å². The first kappa shape index (κ1) is 28.2. The van der Waals surface area contributed by atoms with Gasteiger partial charge in [-0.05, 0) is 81.6 Å². The highest BCUT2D eigenvalue weighted by Gasteiger charge is 2.46. The largest absolute Gasteiger partial charge is 0.507 e. The zero-order valence-corrected chi connectivity index (χ0v) is 23.9. The standard InChI is InChI=1S/C32H35ClN2O4/c1-6-34(7-2)24-13-11-22(12-14-24)29-28(30(36)26-18-25(39-8-3)15-16-27(26)33)31(37)32(38)35(29)19-23-17-20(4)9-10-21(23)5/h9-18,29,36H,6-8,19H2,1-5H3/b30-28+. The molecule has 1 N–H and O–H groups in total. The Bertz CT molecular complexity index is 1410. The number of ether oxygens (including phenoxy) is 1. The van der Waals surface area contributed by atoms with Crippen LogP contribution < -0.4 is 9.64 Å². The van der Waals surface area contributed by atoms with E-state index in [1.807, 2.05) is 63.2 Å². The highest BCUT2D eigenvalue weighted by atomic mass is 35.5. The average molecular weight is 547 g/mol. The molecule has 0 spiro atoms. The van der Waals surface area contributed by atoms with Gasteiger partial charge < -0.3 is 19.6 Å². The molecule has 1 fully saturated rings. The van der Waals surface area contributed by atoms with Crippen molar-refractivity contribution >= 4 is 34.7 Å². The maximum atomic E-state index is 13.6. The van der Waals surface area contributed by atoms with Gasteiger partial charge in [0.1, 0.15) is 11.5 Å². The third-order valence-electron chi connectivity index (χ3n) is 7.23. The number of aliphatic hydroxyl groups excluding tert-OH is 1. The Hall–Kier alpha value is -3.77. The maximum absolute atomic E-state index is 13.6. The van der Waals surface area contributed by atoms with E-state index < -0.39 is 17.7 Å². The topological polar surface area (TPSA) is 70.1 Å². The van der Waals surface area contributed by atoms with Crippen molar-refractivity contribution in [2.75, 3.05) is 24.6 Å². The van der Waals surface area contributed by atoms with E-state index in [1.54, 1.807) is 23.1 Å². The lowest BCUT2D eigenvalue weighted by atomic mass is 9.94. The van der Waals surface area contributed by atoms with Gasteiger partial charge in [-0.25, -0.2) is 0 Å². The minimum atomic E-state index is -0.789. The number of aryl methyl sites for hydroxylation is 2. The Morgan fingerprint density at radius 3 is 2.31 bits per heavy atom. The lowest BCUT2D eigenvalue weighted by Crippen LogP contribution is -2.29. The lowest BCUT2D eigenvalue weighted by Gasteiger charge is -2.27. The van der Waals surface area contributed by atoms with Crippen molar-refractivity contribution < 1.29 is 19.4 Å². The SMILES string of the molecule is CCOc1ccc(Cl)c(/C(O)=C2\C(=O)C(=O)N(Cc3cc(C)ccc3C)C2c2ccc(N(CC)CC)cc2)c1. The number of rotatable bonds is 9. The van der Waals surface area contributed by atoms with E-state index >= 15 is 0 Å². The van der Waals surface area contributed by atoms with Crippen LogP contribution in [0.1, 0.15) is 54.6 Å². The number of anilines is 1. The summed E-state index contributed by atoms with van der Waals surface area (Å²) >= 11 is 6.47. The number of likely N-dealkylation sites (tertiary alicyclic amines) is 1. The first-order chi connectivity index (χ1) is 18.7. The molecule has 6 nitrogen and oxygen atoms in total. The van der Waals surface area contributed by atoms with Gasteiger partial charge in [-0.15, -0.1) is 0 Å². The molecule has 0 aliphatic carbocycles. The number of carbonyl (C=O) groups excluding carboxylic acids is 2. The second kappa shape index (κ2) is 12.0. The van der Waals surface area contributed by atoms with E-state index in [9.17, 15) is 14.7 Å². The van der Waals surface area contributed by atoms with Crippen molar-refractivity contribution in [1.82, 2.24) is 4.90 Å². The van der Waals surface area contributed by atoms with Crippen LogP contribution in [-0.2, 0) is 16.1 Å². The predicted octanol–water partition coefficient (Wildman–Crippen LogP) is 6.82. The van der Waals surface area contributed by atoms with Crippen molar-refractivity contribution in [1.29, 1.82) is 0 Å². The van der Waals surface area contributed by atoms with Gasteiger partial charge in [-0.3, -0.25) is 9.59 Å². The summed E-state index contributed by atoms with van der Waals surface area (Å²) in [5.74, 6) is -1.21. The molecule has 1 aliphatic rings. The zero-order chi connectivity index (χ0) is 28.3. The molecule has 0 radical (unpaired) electrons. The fourth-order valence-electron chi connectivity index (χ4n) is 5.09. The van der Waals surface area contributed by atoms with Crippen LogP contribution in [0.5, 0.6) is 5.75 Å². The van der Waals surface area contributed by atoms with Crippen molar-refractivity contribution in [2.24, 2.45) is 0 Å². The van der Waals surface area contributed by atoms with Crippen LogP contribution in [0.15, 0.2) is 66.2 Å². The monoisotopic (exact) mass is 546 g/mol. The number of ketones is 1. The third-order valence-corrected chi connectivity index (χ3v) is 7.56. The molecular formula is C32H35ClN2O4. The molecule has 0 saturated carbocycles. The summed E-state index contributed by atoms with van der Waals surface area (Å²) in [6.07, 6.45) is 0. The zero-order valence-electron chi connectivity index (χ0n) is 23.1. The second-order valence-corrected chi connectivity index (χ2v) is 10.1. The van der Waals surface area contributed by atoms with Crippen LogP contribution in [0, 0.1) is 13.8 Å². The lowest BCUT2D eigenvalue weighted by molar-refractivity contribution is -0.140. The number of Topliss-reactive ketones (excluding diaryl/α,β-unsaturated/α-hetero) is 1. The molecule has 1 aliphatic heterocycles. The fraction of sp³-hybridized carbons (Fsp3) is 0.312. The third kappa shape index (κ3) is 5.66. The Labute approximate surface area is 235 Å². The Morgan fingerprint density at radius 1 is 0.974 bits per heavy atom. The maximum Gasteiger partial charge on any atom is 0.295 e. The Morgan fingerprint density at radius 2 is 1.67 bits per heavy atom. The molecule has 39 heavy (non-hydrogen) atoms. The normalized spacial score (nSPS) is 16.6. The molecule has 3 aromatic rings. The first-order valence-corrected chi connectivity index (χ1v) is 13.7. The Balaban J connectivity index is 1.88. The van der Waals surface area contributed by atoms with E-state index in [1.165, 1.54) is 0 Å². The summed E-state index contributed by atoms with van der Waals surface area (Å²) in [4.78, 5) is 30.8. The molecule has 1 saturated heterocycles. The molecule has 7 heteroatoms. The van der Waals surface area contributed by atoms with E-state index in [0.29, 0.717) is 12.4 Å². The summed E-state index contributed by atoms with van der Waals surface area (Å²) in [5.41, 5.74) is 5.06. The van der Waals surface area contributed by atoms with Gasteiger partial charge in [0.15, 0.2) is 0 Å². The fourth-order valence-corrected chi connectivity index (χ4v) is 5.29. The van der Waals surface area contributed by atoms with Gasteiger partial charge >= 0.3 is 0 Å². The van der Waals surface area contributed by atoms with Gasteiger partial charge in [0.05, 0.1) is 23.2 Å². The summed E-state index contributed by atoms with van der Waals surface area (Å²) in [7, 11) is 0. The molecular weight excluding hydrogens is 512 g/mol. The highest BCUT2D eigenvalue weighted by Crippen LogP contribution is 2.42. The van der Waals surface area contributed by atoms with Crippen LogP contribution in [-0.4, -0.2) is 41.4 Å². The van der Waals surface area contributed by atoms with Crippen LogP contribution >= 0.6 is 11.6 Å².